The van der Waals surface area contributed by atoms with Crippen LogP contribution in [0.4, 0.5) is 0 Å². The van der Waals surface area contributed by atoms with E-state index in [2.05, 4.69) is 22.5 Å². The van der Waals surface area contributed by atoms with Crippen LogP contribution in [-0.4, -0.2) is 23.5 Å². The molecule has 16 heavy (non-hydrogen) atoms. The number of hydrogen-bond donors (Lipinski definition) is 2. The fourth-order valence-electron chi connectivity index (χ4n) is 1.99. The number of nitrogens with one attached hydrogen (secondary N) is 2. The number of rotatable bonds is 3. The van der Waals surface area contributed by atoms with Gasteiger partial charge in [0.1, 0.15) is 5.01 Å². The monoisotopic (exact) mass is 239 g/mol. The zero-order chi connectivity index (χ0) is 11.5. The van der Waals surface area contributed by atoms with Crippen molar-refractivity contribution in [3.63, 3.8) is 0 Å². The molecule has 1 amide bonds. The van der Waals surface area contributed by atoms with Crippen molar-refractivity contribution in [2.75, 3.05) is 6.54 Å². The van der Waals surface area contributed by atoms with Crippen LogP contribution in [0.3, 0.4) is 0 Å². The summed E-state index contributed by atoms with van der Waals surface area (Å²) in [7, 11) is 0. The number of amides is 1. The second-order valence-electron chi connectivity index (χ2n) is 4.22. The van der Waals surface area contributed by atoms with Gasteiger partial charge in [-0.2, -0.15) is 0 Å². The summed E-state index contributed by atoms with van der Waals surface area (Å²) in [5.74, 6) is 0.256. The predicted molar refractivity (Wildman–Crippen MR) is 64.3 cm³/mol. The summed E-state index contributed by atoms with van der Waals surface area (Å²) in [5.41, 5.74) is 0. The minimum Gasteiger partial charge on any atom is -0.349 e. The van der Waals surface area contributed by atoms with Crippen molar-refractivity contribution in [1.82, 2.24) is 15.6 Å². The molecule has 1 fully saturated rings. The van der Waals surface area contributed by atoms with Crippen LogP contribution in [0.15, 0.2) is 6.20 Å². The van der Waals surface area contributed by atoms with Gasteiger partial charge in [0.15, 0.2) is 0 Å². The smallest absolute Gasteiger partial charge is 0.225 e. The summed E-state index contributed by atoms with van der Waals surface area (Å²) in [4.78, 5) is 17.3. The van der Waals surface area contributed by atoms with Crippen LogP contribution < -0.4 is 10.6 Å². The summed E-state index contributed by atoms with van der Waals surface area (Å²) in [5, 5.41) is 7.21. The quantitative estimate of drug-likeness (QED) is 0.829. The topological polar surface area (TPSA) is 54.0 Å². The Hall–Kier alpha value is -0.940. The van der Waals surface area contributed by atoms with E-state index in [9.17, 15) is 4.79 Å². The van der Waals surface area contributed by atoms with E-state index in [1.165, 1.54) is 4.88 Å². The van der Waals surface area contributed by atoms with Gasteiger partial charge in [0.25, 0.3) is 0 Å². The molecule has 4 nitrogen and oxygen atoms in total. The molecule has 2 N–H and O–H groups in total. The molecule has 1 aromatic rings. The van der Waals surface area contributed by atoms with Gasteiger partial charge in [0.05, 0.1) is 12.5 Å². The number of carbonyl (C=O) groups is 1. The van der Waals surface area contributed by atoms with Crippen molar-refractivity contribution in [2.24, 2.45) is 5.92 Å². The van der Waals surface area contributed by atoms with Gasteiger partial charge in [0.2, 0.25) is 5.91 Å². The fraction of sp³-hybridized carbons (Fsp3) is 0.636. The lowest BCUT2D eigenvalue weighted by molar-refractivity contribution is -0.125. The summed E-state index contributed by atoms with van der Waals surface area (Å²) in [6.45, 7) is 5.58. The highest BCUT2D eigenvalue weighted by Crippen LogP contribution is 2.16. The summed E-state index contributed by atoms with van der Waals surface area (Å²) >= 11 is 1.63. The normalized spacial score (nSPS) is 24.6. The molecule has 0 radical (unpaired) electrons. The number of aryl methyl sites for hydroxylation is 1. The molecule has 2 unspecified atom stereocenters. The van der Waals surface area contributed by atoms with Gasteiger partial charge in [-0.05, 0) is 26.8 Å². The number of carbonyl (C=O) groups excluding carboxylic acids is 1. The fourth-order valence-corrected chi connectivity index (χ4v) is 2.72. The second kappa shape index (κ2) is 4.93. The van der Waals surface area contributed by atoms with E-state index < -0.39 is 0 Å². The zero-order valence-electron chi connectivity index (χ0n) is 9.62. The average molecular weight is 239 g/mol. The second-order valence-corrected chi connectivity index (χ2v) is 5.54. The van der Waals surface area contributed by atoms with Crippen LogP contribution in [0.2, 0.25) is 0 Å². The van der Waals surface area contributed by atoms with Crippen molar-refractivity contribution in [1.29, 1.82) is 0 Å². The van der Waals surface area contributed by atoms with Crippen molar-refractivity contribution in [3.8, 4) is 0 Å². The number of nitrogens with zero attached hydrogens (tertiary/aromatic N) is 1. The largest absolute Gasteiger partial charge is 0.349 e. The molecular weight excluding hydrogens is 222 g/mol. The summed E-state index contributed by atoms with van der Waals surface area (Å²) in [6, 6.07) is 0.290. The van der Waals surface area contributed by atoms with Crippen LogP contribution in [0.1, 0.15) is 23.2 Å². The third-order valence-electron chi connectivity index (χ3n) is 2.94. The Bertz CT molecular complexity index is 377. The van der Waals surface area contributed by atoms with Crippen LogP contribution in [0.25, 0.3) is 0 Å². The zero-order valence-corrected chi connectivity index (χ0v) is 10.4. The van der Waals surface area contributed by atoms with Gasteiger partial charge in [-0.1, -0.05) is 0 Å². The highest BCUT2D eigenvalue weighted by atomic mass is 32.1. The SMILES string of the molecule is Cc1cnc(CNC(=O)C2CCNC2C)s1. The highest BCUT2D eigenvalue weighted by molar-refractivity contribution is 7.11. The molecule has 2 atom stereocenters. The van der Waals surface area contributed by atoms with Crippen LogP contribution in [-0.2, 0) is 11.3 Å². The minimum atomic E-state index is 0.112. The highest BCUT2D eigenvalue weighted by Gasteiger charge is 2.29. The molecule has 1 aromatic heterocycles. The van der Waals surface area contributed by atoms with Crippen molar-refractivity contribution >= 4 is 17.2 Å². The van der Waals surface area contributed by atoms with E-state index in [1.54, 1.807) is 11.3 Å². The third kappa shape index (κ3) is 2.59. The number of hydrogen-bond acceptors (Lipinski definition) is 4. The van der Waals surface area contributed by atoms with E-state index >= 15 is 0 Å². The van der Waals surface area contributed by atoms with Gasteiger partial charge in [-0.15, -0.1) is 11.3 Å². The Kier molecular flexibility index (Phi) is 3.56. The first-order valence-electron chi connectivity index (χ1n) is 5.59. The third-order valence-corrected chi connectivity index (χ3v) is 3.86. The molecule has 0 aromatic carbocycles. The molecule has 1 aliphatic heterocycles. The number of aromatic nitrogens is 1. The van der Waals surface area contributed by atoms with Gasteiger partial charge >= 0.3 is 0 Å². The first-order valence-corrected chi connectivity index (χ1v) is 6.41. The van der Waals surface area contributed by atoms with Gasteiger partial charge in [-0.25, -0.2) is 4.98 Å². The van der Waals surface area contributed by atoms with E-state index in [1.807, 2.05) is 13.1 Å². The van der Waals surface area contributed by atoms with E-state index in [-0.39, 0.29) is 17.9 Å². The Morgan fingerprint density at radius 3 is 3.12 bits per heavy atom. The molecule has 2 rings (SSSR count). The lowest BCUT2D eigenvalue weighted by Crippen LogP contribution is -2.36. The maximum atomic E-state index is 11.9. The minimum absolute atomic E-state index is 0.112. The lowest BCUT2D eigenvalue weighted by atomic mass is 10.0. The Morgan fingerprint density at radius 1 is 1.75 bits per heavy atom. The summed E-state index contributed by atoms with van der Waals surface area (Å²) in [6.07, 6.45) is 2.77. The van der Waals surface area contributed by atoms with E-state index in [0.717, 1.165) is 18.0 Å². The van der Waals surface area contributed by atoms with Crippen molar-refractivity contribution < 1.29 is 4.79 Å². The molecule has 0 saturated carbocycles. The Morgan fingerprint density at radius 2 is 2.56 bits per heavy atom. The molecular formula is C11H17N3OS. The lowest BCUT2D eigenvalue weighted by Gasteiger charge is -2.14. The Balaban J connectivity index is 1.83. The van der Waals surface area contributed by atoms with Crippen molar-refractivity contribution in [2.45, 2.75) is 32.9 Å². The van der Waals surface area contributed by atoms with Crippen molar-refractivity contribution in [3.05, 3.63) is 16.1 Å². The van der Waals surface area contributed by atoms with Gasteiger partial charge in [-0.3, -0.25) is 4.79 Å². The van der Waals surface area contributed by atoms with Crippen LogP contribution >= 0.6 is 11.3 Å². The predicted octanol–water partition coefficient (Wildman–Crippen LogP) is 1.07. The molecule has 0 spiro atoms. The van der Waals surface area contributed by atoms with E-state index in [4.69, 9.17) is 0 Å². The van der Waals surface area contributed by atoms with Gasteiger partial charge < -0.3 is 10.6 Å². The first kappa shape index (κ1) is 11.5. The van der Waals surface area contributed by atoms with E-state index in [0.29, 0.717) is 6.54 Å². The standard InChI is InChI=1S/C11H17N3OS/c1-7-5-13-10(16-7)6-14-11(15)9-3-4-12-8(9)2/h5,8-9,12H,3-4,6H2,1-2H3,(H,14,15). The van der Waals surface area contributed by atoms with Gasteiger partial charge in [0, 0.05) is 17.1 Å². The maximum Gasteiger partial charge on any atom is 0.225 e. The number of thiazole rings is 1. The molecule has 1 aliphatic rings. The molecule has 2 heterocycles. The van der Waals surface area contributed by atoms with Crippen LogP contribution in [0.5, 0.6) is 0 Å². The molecule has 5 heteroatoms. The Labute approximate surface area is 99.5 Å². The average Bonchev–Trinajstić information content (AvgIpc) is 2.84. The maximum absolute atomic E-state index is 11.9. The summed E-state index contributed by atoms with van der Waals surface area (Å²) < 4.78 is 0. The molecule has 88 valence electrons. The molecule has 0 aliphatic carbocycles. The first-order chi connectivity index (χ1) is 7.66. The molecule has 1 saturated heterocycles. The van der Waals surface area contributed by atoms with Crippen LogP contribution in [0, 0.1) is 12.8 Å². The molecule has 0 bridgehead atoms.